The number of anilines is 1. The van der Waals surface area contributed by atoms with Crippen molar-refractivity contribution in [2.75, 3.05) is 11.4 Å². The largest absolute Gasteiger partial charge is 0.338 e. The zero-order valence-electron chi connectivity index (χ0n) is 11.2. The van der Waals surface area contributed by atoms with Crippen LogP contribution in [0.2, 0.25) is 0 Å². The van der Waals surface area contributed by atoms with E-state index in [0.29, 0.717) is 23.6 Å². The first-order chi connectivity index (χ1) is 7.93. The Bertz CT molecular complexity index is 418. The van der Waals surface area contributed by atoms with Crippen molar-refractivity contribution in [1.82, 2.24) is 9.97 Å². The van der Waals surface area contributed by atoms with Gasteiger partial charge in [-0.15, -0.1) is 0 Å². The maximum Gasteiger partial charge on any atom is 0.227 e. The predicted octanol–water partition coefficient (Wildman–Crippen LogP) is 2.53. The molecule has 0 atom stereocenters. The molecule has 0 radical (unpaired) electrons. The highest BCUT2D eigenvalue weighted by molar-refractivity contribution is 5.36. The van der Waals surface area contributed by atoms with Gasteiger partial charge < -0.3 is 4.90 Å². The lowest BCUT2D eigenvalue weighted by Crippen LogP contribution is -2.35. The lowest BCUT2D eigenvalue weighted by molar-refractivity contribution is 0.559. The molecule has 4 nitrogen and oxygen atoms in total. The minimum Gasteiger partial charge on any atom is -0.338 e. The molecule has 0 bridgehead atoms. The molecule has 0 aromatic carbocycles. The van der Waals surface area contributed by atoms with Gasteiger partial charge in [-0.3, -0.25) is 0 Å². The number of aryl methyl sites for hydroxylation is 1. The molecular weight excluding hydrogens is 212 g/mol. The predicted molar refractivity (Wildman–Crippen MR) is 68.8 cm³/mol. The lowest BCUT2D eigenvalue weighted by Gasteiger charge is -2.28. The molecule has 0 saturated heterocycles. The highest BCUT2D eigenvalue weighted by Crippen LogP contribution is 2.15. The van der Waals surface area contributed by atoms with Crippen LogP contribution in [0.1, 0.15) is 39.1 Å². The number of hydrogen-bond acceptors (Lipinski definition) is 4. The molecule has 0 aliphatic rings. The van der Waals surface area contributed by atoms with Gasteiger partial charge in [0.2, 0.25) is 5.95 Å². The van der Waals surface area contributed by atoms with E-state index in [1.54, 1.807) is 6.07 Å². The summed E-state index contributed by atoms with van der Waals surface area (Å²) in [6.45, 7) is 11.3. The van der Waals surface area contributed by atoms with Gasteiger partial charge in [0, 0.05) is 18.3 Å². The van der Waals surface area contributed by atoms with E-state index in [1.807, 2.05) is 6.92 Å². The Labute approximate surface area is 103 Å². The molecule has 0 fully saturated rings. The van der Waals surface area contributed by atoms with E-state index in [0.717, 1.165) is 12.2 Å². The van der Waals surface area contributed by atoms with Gasteiger partial charge in [-0.1, -0.05) is 13.8 Å². The molecule has 0 unspecified atom stereocenters. The molecule has 1 rings (SSSR count). The van der Waals surface area contributed by atoms with Gasteiger partial charge in [0.15, 0.2) is 0 Å². The Hall–Kier alpha value is -1.63. The maximum absolute atomic E-state index is 8.93. The molecule has 0 spiro atoms. The van der Waals surface area contributed by atoms with Crippen LogP contribution in [0.25, 0.3) is 0 Å². The molecular formula is C13H20N4. The molecule has 0 amide bonds. The Balaban J connectivity index is 3.10. The van der Waals surface area contributed by atoms with Crippen LogP contribution >= 0.6 is 0 Å². The molecule has 4 heteroatoms. The fourth-order valence-corrected chi connectivity index (χ4v) is 1.66. The van der Waals surface area contributed by atoms with Crippen LogP contribution in [-0.2, 0) is 0 Å². The van der Waals surface area contributed by atoms with E-state index in [2.05, 4.69) is 48.6 Å². The first-order valence-electron chi connectivity index (χ1n) is 5.96. The SMILES string of the molecule is Cc1cc(C#N)nc(N(CC(C)C)C(C)C)n1. The van der Waals surface area contributed by atoms with Gasteiger partial charge in [-0.2, -0.15) is 5.26 Å². The molecule has 92 valence electrons. The Morgan fingerprint density at radius 2 is 1.94 bits per heavy atom. The maximum atomic E-state index is 8.93. The highest BCUT2D eigenvalue weighted by atomic mass is 15.3. The second kappa shape index (κ2) is 5.62. The molecule has 1 aromatic rings. The standard InChI is InChI=1S/C13H20N4/c1-9(2)8-17(10(3)4)13-15-11(5)6-12(7-14)16-13/h6,9-10H,8H2,1-5H3. The van der Waals surface area contributed by atoms with Gasteiger partial charge in [0.05, 0.1) is 0 Å². The Morgan fingerprint density at radius 1 is 1.29 bits per heavy atom. The van der Waals surface area contributed by atoms with E-state index < -0.39 is 0 Å². The van der Waals surface area contributed by atoms with Crippen molar-refractivity contribution in [1.29, 1.82) is 5.26 Å². The summed E-state index contributed by atoms with van der Waals surface area (Å²) in [5, 5.41) is 8.93. The van der Waals surface area contributed by atoms with Gasteiger partial charge in [-0.05, 0) is 32.8 Å². The molecule has 1 aromatic heterocycles. The number of nitrogens with zero attached hydrogens (tertiary/aromatic N) is 4. The van der Waals surface area contributed by atoms with Crippen LogP contribution in [0.5, 0.6) is 0 Å². The van der Waals surface area contributed by atoms with Crippen LogP contribution in [0.4, 0.5) is 5.95 Å². The summed E-state index contributed by atoms with van der Waals surface area (Å²) in [5.41, 5.74) is 1.27. The Morgan fingerprint density at radius 3 is 2.41 bits per heavy atom. The third-order valence-corrected chi connectivity index (χ3v) is 2.40. The summed E-state index contributed by atoms with van der Waals surface area (Å²) in [7, 11) is 0. The molecule has 1 heterocycles. The third kappa shape index (κ3) is 3.70. The summed E-state index contributed by atoms with van der Waals surface area (Å²) in [4.78, 5) is 10.8. The average Bonchev–Trinajstić information content (AvgIpc) is 2.24. The molecule has 17 heavy (non-hydrogen) atoms. The first kappa shape index (κ1) is 13.4. The molecule has 0 N–H and O–H groups in total. The number of rotatable bonds is 4. The third-order valence-electron chi connectivity index (χ3n) is 2.40. The van der Waals surface area contributed by atoms with Crippen molar-refractivity contribution in [3.8, 4) is 6.07 Å². The molecule has 0 aliphatic heterocycles. The summed E-state index contributed by atoms with van der Waals surface area (Å²) < 4.78 is 0. The van der Waals surface area contributed by atoms with E-state index in [1.165, 1.54) is 0 Å². The van der Waals surface area contributed by atoms with Crippen molar-refractivity contribution in [2.24, 2.45) is 5.92 Å². The van der Waals surface area contributed by atoms with E-state index >= 15 is 0 Å². The fraction of sp³-hybridized carbons (Fsp3) is 0.615. The van der Waals surface area contributed by atoms with Crippen LogP contribution in [-0.4, -0.2) is 22.6 Å². The van der Waals surface area contributed by atoms with Gasteiger partial charge in [0.25, 0.3) is 0 Å². The smallest absolute Gasteiger partial charge is 0.227 e. The Kier molecular flexibility index (Phi) is 4.45. The zero-order valence-corrected chi connectivity index (χ0v) is 11.2. The fourth-order valence-electron chi connectivity index (χ4n) is 1.66. The summed E-state index contributed by atoms with van der Waals surface area (Å²) in [6, 6.07) is 4.11. The lowest BCUT2D eigenvalue weighted by atomic mass is 10.2. The van der Waals surface area contributed by atoms with E-state index in [-0.39, 0.29) is 0 Å². The van der Waals surface area contributed by atoms with Crippen LogP contribution in [0.3, 0.4) is 0 Å². The topological polar surface area (TPSA) is 52.8 Å². The second-order valence-corrected chi connectivity index (χ2v) is 4.95. The quantitative estimate of drug-likeness (QED) is 0.800. The monoisotopic (exact) mass is 232 g/mol. The minimum atomic E-state index is 0.325. The van der Waals surface area contributed by atoms with Crippen LogP contribution < -0.4 is 4.90 Å². The van der Waals surface area contributed by atoms with Crippen molar-refractivity contribution < 1.29 is 0 Å². The number of hydrogen-bond donors (Lipinski definition) is 0. The molecule has 0 saturated carbocycles. The van der Waals surface area contributed by atoms with E-state index in [4.69, 9.17) is 5.26 Å². The number of aromatic nitrogens is 2. The minimum absolute atomic E-state index is 0.325. The first-order valence-corrected chi connectivity index (χ1v) is 5.96. The van der Waals surface area contributed by atoms with Crippen LogP contribution in [0.15, 0.2) is 6.07 Å². The van der Waals surface area contributed by atoms with Crippen molar-refractivity contribution in [3.05, 3.63) is 17.5 Å². The summed E-state index contributed by atoms with van der Waals surface area (Å²) in [6.07, 6.45) is 0. The summed E-state index contributed by atoms with van der Waals surface area (Å²) >= 11 is 0. The molecule has 0 aliphatic carbocycles. The highest BCUT2D eigenvalue weighted by Gasteiger charge is 2.16. The van der Waals surface area contributed by atoms with Gasteiger partial charge >= 0.3 is 0 Å². The van der Waals surface area contributed by atoms with E-state index in [9.17, 15) is 0 Å². The summed E-state index contributed by atoms with van der Waals surface area (Å²) in [5.74, 6) is 1.19. The zero-order chi connectivity index (χ0) is 13.0. The van der Waals surface area contributed by atoms with Gasteiger partial charge in [0.1, 0.15) is 11.8 Å². The van der Waals surface area contributed by atoms with Crippen LogP contribution in [0, 0.1) is 24.2 Å². The normalized spacial score (nSPS) is 10.7. The van der Waals surface area contributed by atoms with Gasteiger partial charge in [-0.25, -0.2) is 9.97 Å². The number of nitriles is 1. The average molecular weight is 232 g/mol. The van der Waals surface area contributed by atoms with Crippen molar-refractivity contribution in [2.45, 2.75) is 40.7 Å². The van der Waals surface area contributed by atoms with Crippen molar-refractivity contribution in [3.63, 3.8) is 0 Å². The van der Waals surface area contributed by atoms with Crippen molar-refractivity contribution >= 4 is 5.95 Å². The second-order valence-electron chi connectivity index (χ2n) is 4.95.